The fourth-order valence-corrected chi connectivity index (χ4v) is 5.70. The molecule has 2 aliphatic rings. The van der Waals surface area contributed by atoms with Crippen LogP contribution >= 0.6 is 0 Å². The van der Waals surface area contributed by atoms with Crippen molar-refractivity contribution in [1.29, 1.82) is 0 Å². The average Bonchev–Trinajstić information content (AvgIpc) is 3.08. The van der Waals surface area contributed by atoms with Crippen LogP contribution in [0.4, 0.5) is 0 Å². The minimum absolute atomic E-state index is 0.0857. The molecule has 0 aliphatic carbocycles. The Morgan fingerprint density at radius 2 is 1.81 bits per heavy atom. The van der Waals surface area contributed by atoms with Crippen molar-refractivity contribution in [3.63, 3.8) is 0 Å². The Kier molecular flexibility index (Phi) is 5.07. The summed E-state index contributed by atoms with van der Waals surface area (Å²) in [6, 6.07) is -1.12. The van der Waals surface area contributed by atoms with Crippen molar-refractivity contribution in [3.05, 3.63) is 17.0 Å². The topological polar surface area (TPSA) is 110 Å². The minimum Gasteiger partial charge on any atom is -0.372 e. The lowest BCUT2D eigenvalue weighted by Crippen LogP contribution is -2.62. The van der Waals surface area contributed by atoms with Gasteiger partial charge in [0.15, 0.2) is 9.84 Å². The third-order valence-corrected chi connectivity index (χ3v) is 6.63. The van der Waals surface area contributed by atoms with Gasteiger partial charge in [-0.25, -0.2) is 8.42 Å². The van der Waals surface area contributed by atoms with Gasteiger partial charge in [-0.2, -0.15) is 0 Å². The molecule has 2 atom stereocenters. The molecule has 0 radical (unpaired) electrons. The summed E-state index contributed by atoms with van der Waals surface area (Å²) < 4.78 is 34.7. The summed E-state index contributed by atoms with van der Waals surface area (Å²) in [4.78, 5) is 28.5. The van der Waals surface area contributed by atoms with E-state index in [1.54, 1.807) is 30.6 Å². The van der Waals surface area contributed by atoms with E-state index in [0.717, 1.165) is 0 Å². The summed E-state index contributed by atoms with van der Waals surface area (Å²) in [5.41, 5.74) is 0.835. The SMILES string of the molecule is CCOCC(=O)N1CCN(C(=O)c2c(C)noc2C)[C@@H]2CS(=O)(=O)C[C@@H]21. The maximum Gasteiger partial charge on any atom is 0.259 e. The minimum atomic E-state index is -3.34. The van der Waals surface area contributed by atoms with Crippen molar-refractivity contribution in [1.82, 2.24) is 15.0 Å². The Morgan fingerprint density at radius 1 is 1.19 bits per heavy atom. The van der Waals surface area contributed by atoms with Crippen LogP contribution in [0.3, 0.4) is 0 Å². The fraction of sp³-hybridized carbons (Fsp3) is 0.688. The predicted molar refractivity (Wildman–Crippen MR) is 91.4 cm³/mol. The van der Waals surface area contributed by atoms with Gasteiger partial charge < -0.3 is 19.1 Å². The van der Waals surface area contributed by atoms with E-state index in [9.17, 15) is 18.0 Å². The quantitative estimate of drug-likeness (QED) is 0.704. The molecule has 0 aromatic carbocycles. The summed E-state index contributed by atoms with van der Waals surface area (Å²) in [6.45, 7) is 5.97. The highest BCUT2D eigenvalue weighted by Crippen LogP contribution is 2.29. The Balaban J connectivity index is 1.87. The number of nitrogens with zero attached hydrogens (tertiary/aromatic N) is 3. The van der Waals surface area contributed by atoms with E-state index in [2.05, 4.69) is 5.16 Å². The van der Waals surface area contributed by atoms with E-state index in [-0.39, 0.29) is 43.0 Å². The van der Waals surface area contributed by atoms with E-state index >= 15 is 0 Å². The van der Waals surface area contributed by atoms with Crippen LogP contribution in [0.1, 0.15) is 28.7 Å². The van der Waals surface area contributed by atoms with Gasteiger partial charge in [0.2, 0.25) is 5.91 Å². The van der Waals surface area contributed by atoms with Gasteiger partial charge in [-0.3, -0.25) is 9.59 Å². The number of aromatic nitrogens is 1. The molecule has 1 aromatic rings. The van der Waals surface area contributed by atoms with E-state index in [0.29, 0.717) is 23.6 Å². The van der Waals surface area contributed by atoms with Gasteiger partial charge in [0, 0.05) is 19.7 Å². The summed E-state index contributed by atoms with van der Waals surface area (Å²) >= 11 is 0. The molecule has 9 nitrogen and oxygen atoms in total. The number of ether oxygens (including phenoxy) is 1. The molecule has 0 bridgehead atoms. The molecular weight excluding hydrogens is 362 g/mol. The number of piperazine rings is 1. The first-order valence-electron chi connectivity index (χ1n) is 8.56. The first kappa shape index (κ1) is 18.8. The van der Waals surface area contributed by atoms with E-state index < -0.39 is 21.9 Å². The first-order chi connectivity index (χ1) is 12.2. The number of rotatable bonds is 4. The molecule has 2 aliphatic heterocycles. The maximum absolute atomic E-state index is 13.0. The molecule has 2 amide bonds. The third-order valence-electron chi connectivity index (χ3n) is 4.93. The van der Waals surface area contributed by atoms with Crippen LogP contribution in [-0.2, 0) is 19.4 Å². The molecule has 2 fully saturated rings. The molecule has 0 saturated carbocycles. The Morgan fingerprint density at radius 3 is 2.38 bits per heavy atom. The van der Waals surface area contributed by atoms with Crippen molar-refractivity contribution in [2.24, 2.45) is 0 Å². The van der Waals surface area contributed by atoms with Gasteiger partial charge in [-0.1, -0.05) is 5.16 Å². The highest BCUT2D eigenvalue weighted by Gasteiger charge is 2.49. The van der Waals surface area contributed by atoms with Crippen LogP contribution in [0.15, 0.2) is 4.52 Å². The van der Waals surface area contributed by atoms with Gasteiger partial charge in [0.25, 0.3) is 5.91 Å². The Bertz CT molecular complexity index is 798. The molecule has 144 valence electrons. The molecule has 0 N–H and O–H groups in total. The zero-order valence-electron chi connectivity index (χ0n) is 15.1. The Hall–Kier alpha value is -1.94. The molecule has 0 spiro atoms. The van der Waals surface area contributed by atoms with Crippen LogP contribution < -0.4 is 0 Å². The molecule has 3 rings (SSSR count). The normalized spacial score (nSPS) is 24.6. The van der Waals surface area contributed by atoms with Crippen LogP contribution in [-0.4, -0.2) is 85.1 Å². The van der Waals surface area contributed by atoms with Crippen LogP contribution in [0.2, 0.25) is 0 Å². The fourth-order valence-electron chi connectivity index (χ4n) is 3.72. The van der Waals surface area contributed by atoms with Gasteiger partial charge in [-0.15, -0.1) is 0 Å². The monoisotopic (exact) mass is 385 g/mol. The average molecular weight is 385 g/mol. The van der Waals surface area contributed by atoms with E-state index in [1.807, 2.05) is 0 Å². The molecular formula is C16H23N3O6S. The predicted octanol–water partition coefficient (Wildman–Crippen LogP) is -0.222. The summed E-state index contributed by atoms with van der Waals surface area (Å²) in [5, 5.41) is 3.80. The van der Waals surface area contributed by atoms with Gasteiger partial charge in [0.1, 0.15) is 17.9 Å². The highest BCUT2D eigenvalue weighted by atomic mass is 32.2. The molecule has 10 heteroatoms. The summed E-state index contributed by atoms with van der Waals surface area (Å²) in [6.07, 6.45) is 0. The molecule has 26 heavy (non-hydrogen) atoms. The number of hydrogen-bond donors (Lipinski definition) is 0. The van der Waals surface area contributed by atoms with Gasteiger partial charge >= 0.3 is 0 Å². The van der Waals surface area contributed by atoms with Crippen molar-refractivity contribution in [2.45, 2.75) is 32.9 Å². The molecule has 1 aromatic heterocycles. The van der Waals surface area contributed by atoms with Crippen LogP contribution in [0.25, 0.3) is 0 Å². The molecule has 0 unspecified atom stereocenters. The lowest BCUT2D eigenvalue weighted by Gasteiger charge is -2.43. The van der Waals surface area contributed by atoms with Crippen LogP contribution in [0, 0.1) is 13.8 Å². The smallest absolute Gasteiger partial charge is 0.259 e. The number of hydrogen-bond acceptors (Lipinski definition) is 7. The van der Waals surface area contributed by atoms with Gasteiger partial charge in [0.05, 0.1) is 29.3 Å². The first-order valence-corrected chi connectivity index (χ1v) is 10.4. The third kappa shape index (κ3) is 3.35. The van der Waals surface area contributed by atoms with Crippen molar-refractivity contribution in [3.8, 4) is 0 Å². The number of fused-ring (bicyclic) bond motifs is 1. The van der Waals surface area contributed by atoms with Gasteiger partial charge in [-0.05, 0) is 20.8 Å². The lowest BCUT2D eigenvalue weighted by atomic mass is 10.0. The Labute approximate surface area is 152 Å². The summed E-state index contributed by atoms with van der Waals surface area (Å²) in [5.74, 6) is -0.431. The van der Waals surface area contributed by atoms with Crippen molar-refractivity contribution < 1.29 is 27.3 Å². The second-order valence-corrected chi connectivity index (χ2v) is 8.79. The number of carbonyl (C=O) groups is 2. The zero-order chi connectivity index (χ0) is 19.1. The number of amides is 2. The maximum atomic E-state index is 13.0. The number of sulfone groups is 1. The second kappa shape index (κ2) is 6.99. The van der Waals surface area contributed by atoms with E-state index in [1.165, 1.54) is 0 Å². The largest absolute Gasteiger partial charge is 0.372 e. The molecule has 2 saturated heterocycles. The zero-order valence-corrected chi connectivity index (χ0v) is 15.9. The van der Waals surface area contributed by atoms with E-state index in [4.69, 9.17) is 9.26 Å². The lowest BCUT2D eigenvalue weighted by molar-refractivity contribution is -0.141. The number of carbonyl (C=O) groups excluding carboxylic acids is 2. The van der Waals surface area contributed by atoms with Crippen molar-refractivity contribution >= 4 is 21.7 Å². The summed E-state index contributed by atoms with van der Waals surface area (Å²) in [7, 11) is -3.34. The van der Waals surface area contributed by atoms with Crippen LogP contribution in [0.5, 0.6) is 0 Å². The second-order valence-electron chi connectivity index (χ2n) is 6.63. The highest BCUT2D eigenvalue weighted by molar-refractivity contribution is 7.91. The molecule has 3 heterocycles. The number of aryl methyl sites for hydroxylation is 2. The standard InChI is InChI=1S/C16H23N3O6S/c1-4-24-7-14(20)18-5-6-19(13-9-26(22,23)8-12(13)18)16(21)15-10(2)17-25-11(15)3/h12-13H,4-9H2,1-3H3/t12-,13+/m0/s1. The van der Waals surface area contributed by atoms with Crippen molar-refractivity contribution in [2.75, 3.05) is 37.8 Å².